The van der Waals surface area contributed by atoms with E-state index in [4.69, 9.17) is 14.2 Å². The van der Waals surface area contributed by atoms with Crippen molar-refractivity contribution >= 4 is 16.8 Å². The van der Waals surface area contributed by atoms with Gasteiger partial charge in [-0.3, -0.25) is 4.79 Å². The van der Waals surface area contributed by atoms with E-state index >= 15 is 0 Å². The number of rotatable bonds is 9. The number of para-hydroxylation sites is 2. The molecule has 0 fully saturated rings. The number of amides is 1. The van der Waals surface area contributed by atoms with Crippen LogP contribution in [0.5, 0.6) is 17.2 Å². The number of nitrogens with one attached hydrogen (secondary N) is 1. The van der Waals surface area contributed by atoms with E-state index in [1.807, 2.05) is 62.1 Å². The van der Waals surface area contributed by atoms with Gasteiger partial charge in [0.1, 0.15) is 5.75 Å². The van der Waals surface area contributed by atoms with E-state index in [0.717, 1.165) is 34.5 Å². The maximum atomic E-state index is 14.0. The molecule has 1 aromatic heterocycles. The summed E-state index contributed by atoms with van der Waals surface area (Å²) >= 11 is 0. The fourth-order valence-electron chi connectivity index (χ4n) is 5.34. The van der Waals surface area contributed by atoms with Gasteiger partial charge in [0.15, 0.2) is 11.5 Å². The number of fused-ring (bicyclic) bond motifs is 3. The fourth-order valence-corrected chi connectivity index (χ4v) is 5.34. The van der Waals surface area contributed by atoms with Crippen molar-refractivity contribution in [2.24, 2.45) is 0 Å². The molecule has 1 atom stereocenters. The second kappa shape index (κ2) is 11.0. The Hall–Kier alpha value is -3.93. The molecular formula is C31H34N2O4. The number of ether oxygens (including phenoxy) is 3. The first kappa shape index (κ1) is 24.8. The Balaban J connectivity index is 1.55. The molecule has 4 aromatic rings. The van der Waals surface area contributed by atoms with E-state index in [1.54, 1.807) is 0 Å². The quantitative estimate of drug-likeness (QED) is 0.304. The Morgan fingerprint density at radius 1 is 0.919 bits per heavy atom. The number of hydrogen-bond donors (Lipinski definition) is 1. The van der Waals surface area contributed by atoms with Crippen molar-refractivity contribution < 1.29 is 19.0 Å². The molecule has 0 saturated heterocycles. The predicted molar refractivity (Wildman–Crippen MR) is 146 cm³/mol. The van der Waals surface area contributed by atoms with Crippen molar-refractivity contribution in [3.63, 3.8) is 0 Å². The monoisotopic (exact) mass is 498 g/mol. The number of hydrogen-bond acceptors (Lipinski definition) is 4. The molecule has 1 amide bonds. The molecule has 2 heterocycles. The molecule has 1 aliphatic heterocycles. The van der Waals surface area contributed by atoms with Gasteiger partial charge in [0.2, 0.25) is 5.91 Å². The van der Waals surface area contributed by atoms with Crippen LogP contribution in [-0.2, 0) is 17.6 Å². The largest absolute Gasteiger partial charge is 0.494 e. The Morgan fingerprint density at radius 2 is 1.70 bits per heavy atom. The molecular weight excluding hydrogens is 464 g/mol. The fraction of sp³-hybridized carbons (Fsp3) is 0.323. The lowest BCUT2D eigenvalue weighted by Gasteiger charge is -2.36. The van der Waals surface area contributed by atoms with Crippen LogP contribution in [0.25, 0.3) is 10.9 Å². The van der Waals surface area contributed by atoms with Crippen LogP contribution in [0.2, 0.25) is 0 Å². The molecule has 6 nitrogen and oxygen atoms in total. The summed E-state index contributed by atoms with van der Waals surface area (Å²) in [5.74, 6) is 2.18. The molecule has 37 heavy (non-hydrogen) atoms. The van der Waals surface area contributed by atoms with Crippen LogP contribution in [0.1, 0.15) is 49.2 Å². The van der Waals surface area contributed by atoms with E-state index in [9.17, 15) is 4.79 Å². The maximum absolute atomic E-state index is 14.0. The Morgan fingerprint density at radius 3 is 2.51 bits per heavy atom. The summed E-state index contributed by atoms with van der Waals surface area (Å²) in [6.07, 6.45) is 1.03. The summed E-state index contributed by atoms with van der Waals surface area (Å²) in [6, 6.07) is 22.0. The molecule has 3 aromatic carbocycles. The van der Waals surface area contributed by atoms with Crippen LogP contribution in [0, 0.1) is 0 Å². The minimum absolute atomic E-state index is 0.0470. The van der Waals surface area contributed by atoms with Gasteiger partial charge in [0.25, 0.3) is 0 Å². The predicted octanol–water partition coefficient (Wildman–Crippen LogP) is 6.08. The summed E-state index contributed by atoms with van der Waals surface area (Å²) in [4.78, 5) is 19.6. The molecule has 0 saturated carbocycles. The second-order valence-electron chi connectivity index (χ2n) is 9.10. The highest BCUT2D eigenvalue weighted by molar-refractivity contribution is 5.87. The lowest BCUT2D eigenvalue weighted by molar-refractivity contribution is -0.132. The second-order valence-corrected chi connectivity index (χ2v) is 9.10. The van der Waals surface area contributed by atoms with Crippen LogP contribution in [-0.4, -0.2) is 42.2 Å². The highest BCUT2D eigenvalue weighted by Gasteiger charge is 2.35. The smallest absolute Gasteiger partial charge is 0.227 e. The van der Waals surface area contributed by atoms with Crippen LogP contribution >= 0.6 is 0 Å². The minimum Gasteiger partial charge on any atom is -0.494 e. The molecule has 0 spiro atoms. The number of carbonyl (C=O) groups excluding carboxylic acids is 1. The minimum atomic E-state index is -0.241. The molecule has 1 aliphatic rings. The van der Waals surface area contributed by atoms with Gasteiger partial charge in [0, 0.05) is 28.7 Å². The highest BCUT2D eigenvalue weighted by atomic mass is 16.5. The topological polar surface area (TPSA) is 63.8 Å². The van der Waals surface area contributed by atoms with Crippen LogP contribution < -0.4 is 14.2 Å². The van der Waals surface area contributed by atoms with Crippen molar-refractivity contribution in [1.29, 1.82) is 0 Å². The van der Waals surface area contributed by atoms with E-state index < -0.39 is 0 Å². The average molecular weight is 499 g/mol. The van der Waals surface area contributed by atoms with E-state index in [-0.39, 0.29) is 18.4 Å². The van der Waals surface area contributed by atoms with Crippen molar-refractivity contribution in [1.82, 2.24) is 9.88 Å². The highest BCUT2D eigenvalue weighted by Crippen LogP contribution is 2.40. The van der Waals surface area contributed by atoms with Gasteiger partial charge in [0.05, 0.1) is 32.3 Å². The van der Waals surface area contributed by atoms with Crippen molar-refractivity contribution in [3.8, 4) is 17.2 Å². The lowest BCUT2D eigenvalue weighted by Crippen LogP contribution is -2.41. The number of aromatic nitrogens is 1. The average Bonchev–Trinajstić information content (AvgIpc) is 3.29. The lowest BCUT2D eigenvalue weighted by atomic mass is 9.91. The first-order valence-corrected chi connectivity index (χ1v) is 13.1. The standard InChI is InChI=1S/C31H34N2O4/c1-4-35-23-13-9-11-21(19-23)30-29-25(24-14-7-8-15-26(24)32-29)17-18-33(30)28(34)20-22-12-10-16-27(36-5-2)31(22)37-6-3/h7-16,19,30,32H,4-6,17-18,20H2,1-3H3/t30-/m0/s1. The number of carbonyl (C=O) groups is 1. The zero-order valence-electron chi connectivity index (χ0n) is 21.8. The number of nitrogens with zero attached hydrogens (tertiary/aromatic N) is 1. The van der Waals surface area contributed by atoms with Crippen molar-refractivity contribution in [3.05, 3.63) is 89.1 Å². The first-order chi connectivity index (χ1) is 18.1. The molecule has 1 N–H and O–H groups in total. The summed E-state index contributed by atoms with van der Waals surface area (Å²) in [5.41, 5.74) is 5.31. The number of benzene rings is 3. The zero-order valence-corrected chi connectivity index (χ0v) is 21.8. The van der Waals surface area contributed by atoms with Gasteiger partial charge in [-0.1, -0.05) is 42.5 Å². The Bertz CT molecular complexity index is 1390. The van der Waals surface area contributed by atoms with Gasteiger partial charge in [-0.25, -0.2) is 0 Å². The molecule has 6 heteroatoms. The van der Waals surface area contributed by atoms with Gasteiger partial charge >= 0.3 is 0 Å². The van der Waals surface area contributed by atoms with Crippen molar-refractivity contribution in [2.45, 2.75) is 39.7 Å². The van der Waals surface area contributed by atoms with E-state index in [1.165, 1.54) is 10.9 Å². The third kappa shape index (κ3) is 4.88. The van der Waals surface area contributed by atoms with Crippen LogP contribution in [0.4, 0.5) is 0 Å². The van der Waals surface area contributed by atoms with Crippen LogP contribution in [0.15, 0.2) is 66.7 Å². The number of aromatic amines is 1. The third-order valence-corrected chi connectivity index (χ3v) is 6.83. The summed E-state index contributed by atoms with van der Waals surface area (Å²) in [6.45, 7) is 8.12. The summed E-state index contributed by atoms with van der Waals surface area (Å²) in [7, 11) is 0. The summed E-state index contributed by atoms with van der Waals surface area (Å²) < 4.78 is 17.5. The van der Waals surface area contributed by atoms with Gasteiger partial charge in [-0.2, -0.15) is 0 Å². The molecule has 5 rings (SSSR count). The van der Waals surface area contributed by atoms with Gasteiger partial charge in [-0.05, 0) is 62.6 Å². The molecule has 0 bridgehead atoms. The van der Waals surface area contributed by atoms with Gasteiger partial charge < -0.3 is 24.1 Å². The maximum Gasteiger partial charge on any atom is 0.227 e. The zero-order chi connectivity index (χ0) is 25.8. The Kier molecular flexibility index (Phi) is 7.35. The number of H-pyrrole nitrogens is 1. The molecule has 0 radical (unpaired) electrons. The van der Waals surface area contributed by atoms with Crippen molar-refractivity contribution in [2.75, 3.05) is 26.4 Å². The third-order valence-electron chi connectivity index (χ3n) is 6.83. The summed E-state index contributed by atoms with van der Waals surface area (Å²) in [5, 5.41) is 1.22. The molecule has 192 valence electrons. The van der Waals surface area contributed by atoms with E-state index in [2.05, 4.69) is 35.3 Å². The normalized spacial score (nSPS) is 14.9. The molecule has 0 aliphatic carbocycles. The van der Waals surface area contributed by atoms with E-state index in [0.29, 0.717) is 37.9 Å². The Labute approximate surface area is 218 Å². The first-order valence-electron chi connectivity index (χ1n) is 13.1. The SMILES string of the molecule is CCOc1cccc([C@H]2c3[nH]c4ccccc4c3CCN2C(=O)Cc2cccc(OCC)c2OCC)c1. The van der Waals surface area contributed by atoms with Gasteiger partial charge in [-0.15, -0.1) is 0 Å². The van der Waals surface area contributed by atoms with Crippen LogP contribution in [0.3, 0.4) is 0 Å². The molecule has 0 unspecified atom stereocenters.